The molecule has 0 spiro atoms. The zero-order chi connectivity index (χ0) is 24.7. The van der Waals surface area contributed by atoms with Crippen molar-refractivity contribution in [2.24, 2.45) is 5.41 Å². The summed E-state index contributed by atoms with van der Waals surface area (Å²) in [6, 6.07) is 18.7. The Morgan fingerprint density at radius 3 is 2.63 bits per heavy atom. The van der Waals surface area contributed by atoms with Crippen LogP contribution in [0.4, 0.5) is 0 Å². The standard InChI is InChI=1S/C28H29NO6/c1-33-23-7-2-5-21(17-23)10-11-26(30)25-9-4-14-29(25)15-16-35-24-8-3-6-22(18-24)19-34-20-28(12-13-28)27(31)32/h2-11,14,17-18H,12-13,15-16,19-20H2,1H3,(H,31,32). The van der Waals surface area contributed by atoms with Crippen LogP contribution in [0.25, 0.3) is 6.08 Å². The number of allylic oxidation sites excluding steroid dienone is 1. The van der Waals surface area contributed by atoms with E-state index in [-0.39, 0.29) is 12.4 Å². The van der Waals surface area contributed by atoms with Crippen LogP contribution in [-0.4, -0.2) is 41.7 Å². The Kier molecular flexibility index (Phi) is 7.67. The van der Waals surface area contributed by atoms with Crippen LogP contribution in [0.3, 0.4) is 0 Å². The summed E-state index contributed by atoms with van der Waals surface area (Å²) in [5.74, 6) is 0.561. The van der Waals surface area contributed by atoms with Crippen molar-refractivity contribution >= 4 is 17.8 Å². The van der Waals surface area contributed by atoms with Crippen LogP contribution in [0.5, 0.6) is 11.5 Å². The topological polar surface area (TPSA) is 87.0 Å². The van der Waals surface area contributed by atoms with Gasteiger partial charge in [-0.2, -0.15) is 0 Å². The van der Waals surface area contributed by atoms with E-state index in [1.165, 1.54) is 0 Å². The summed E-state index contributed by atoms with van der Waals surface area (Å²) >= 11 is 0. The molecule has 1 aliphatic rings. The first kappa shape index (κ1) is 24.3. The predicted octanol–water partition coefficient (Wildman–Crippen LogP) is 4.85. The van der Waals surface area contributed by atoms with Crippen LogP contribution < -0.4 is 9.47 Å². The van der Waals surface area contributed by atoms with Crippen molar-refractivity contribution in [3.63, 3.8) is 0 Å². The number of ether oxygens (including phenoxy) is 3. The fraction of sp³-hybridized carbons (Fsp3) is 0.286. The lowest BCUT2D eigenvalue weighted by Gasteiger charge is -2.12. The first-order chi connectivity index (χ1) is 17.0. The molecular formula is C28H29NO6. The Morgan fingerprint density at radius 1 is 1.06 bits per heavy atom. The number of hydrogen-bond donors (Lipinski definition) is 1. The number of methoxy groups -OCH3 is 1. The van der Waals surface area contributed by atoms with E-state index in [1.807, 2.05) is 65.4 Å². The number of aliphatic carboxylic acids is 1. The zero-order valence-electron chi connectivity index (χ0n) is 19.7. The molecule has 7 heteroatoms. The van der Waals surface area contributed by atoms with Gasteiger partial charge in [0.1, 0.15) is 18.1 Å². The fourth-order valence-electron chi connectivity index (χ4n) is 3.76. The van der Waals surface area contributed by atoms with Crippen LogP contribution in [0.1, 0.15) is 34.5 Å². The third-order valence-corrected chi connectivity index (χ3v) is 6.06. The second kappa shape index (κ2) is 11.1. The van der Waals surface area contributed by atoms with Gasteiger partial charge in [-0.25, -0.2) is 0 Å². The number of carboxylic acids is 1. The number of nitrogens with zero attached hydrogens (tertiary/aromatic N) is 1. The Morgan fingerprint density at radius 2 is 1.86 bits per heavy atom. The molecule has 0 aliphatic heterocycles. The summed E-state index contributed by atoms with van der Waals surface area (Å²) in [6.07, 6.45) is 6.53. The van der Waals surface area contributed by atoms with Gasteiger partial charge in [-0.05, 0) is 66.4 Å². The Bertz CT molecular complexity index is 1210. The molecular weight excluding hydrogens is 446 g/mol. The van der Waals surface area contributed by atoms with Crippen LogP contribution in [0.15, 0.2) is 72.9 Å². The molecule has 2 aromatic carbocycles. The fourth-order valence-corrected chi connectivity index (χ4v) is 3.76. The molecule has 1 aromatic heterocycles. The van der Waals surface area contributed by atoms with Gasteiger partial charge in [-0.15, -0.1) is 0 Å². The third kappa shape index (κ3) is 6.39. The van der Waals surface area contributed by atoms with Gasteiger partial charge < -0.3 is 23.9 Å². The molecule has 0 bridgehead atoms. The van der Waals surface area contributed by atoms with Gasteiger partial charge >= 0.3 is 5.97 Å². The summed E-state index contributed by atoms with van der Waals surface area (Å²) in [5, 5.41) is 9.24. The monoisotopic (exact) mass is 475 g/mol. The van der Waals surface area contributed by atoms with E-state index in [9.17, 15) is 14.7 Å². The molecule has 0 saturated heterocycles. The summed E-state index contributed by atoms with van der Waals surface area (Å²) in [4.78, 5) is 24.0. The maximum absolute atomic E-state index is 12.7. The van der Waals surface area contributed by atoms with E-state index in [2.05, 4.69) is 0 Å². The second-order valence-corrected chi connectivity index (χ2v) is 8.64. The number of carbonyl (C=O) groups is 2. The Labute approximate surface area is 204 Å². The highest BCUT2D eigenvalue weighted by Crippen LogP contribution is 2.46. The molecule has 0 unspecified atom stereocenters. The summed E-state index contributed by atoms with van der Waals surface area (Å²) in [7, 11) is 1.61. The van der Waals surface area contributed by atoms with Gasteiger partial charge in [0.2, 0.25) is 5.78 Å². The van der Waals surface area contributed by atoms with Crippen molar-refractivity contribution in [3.05, 3.63) is 89.8 Å². The molecule has 0 atom stereocenters. The molecule has 7 nitrogen and oxygen atoms in total. The van der Waals surface area contributed by atoms with Gasteiger partial charge in [-0.1, -0.05) is 30.3 Å². The van der Waals surface area contributed by atoms with Crippen molar-refractivity contribution in [1.82, 2.24) is 4.57 Å². The van der Waals surface area contributed by atoms with E-state index >= 15 is 0 Å². The number of rotatable bonds is 13. The van der Waals surface area contributed by atoms with Gasteiger partial charge in [0.05, 0.1) is 38.0 Å². The molecule has 4 rings (SSSR count). The predicted molar refractivity (Wildman–Crippen MR) is 132 cm³/mol. The van der Waals surface area contributed by atoms with Crippen molar-refractivity contribution in [1.29, 1.82) is 0 Å². The highest BCUT2D eigenvalue weighted by molar-refractivity contribution is 6.05. The minimum atomic E-state index is -0.784. The van der Waals surface area contributed by atoms with Crippen molar-refractivity contribution in [2.45, 2.75) is 26.0 Å². The van der Waals surface area contributed by atoms with Crippen LogP contribution in [0.2, 0.25) is 0 Å². The molecule has 35 heavy (non-hydrogen) atoms. The molecule has 1 fully saturated rings. The summed E-state index contributed by atoms with van der Waals surface area (Å²) < 4.78 is 18.6. The second-order valence-electron chi connectivity index (χ2n) is 8.64. The Balaban J connectivity index is 1.27. The van der Waals surface area contributed by atoms with E-state index in [1.54, 1.807) is 25.3 Å². The molecule has 0 amide bonds. The summed E-state index contributed by atoms with van der Waals surface area (Å²) in [5.41, 5.74) is 1.70. The summed E-state index contributed by atoms with van der Waals surface area (Å²) in [6.45, 7) is 1.47. The molecule has 3 aromatic rings. The number of ketones is 1. The van der Waals surface area contributed by atoms with Gasteiger partial charge in [-0.3, -0.25) is 9.59 Å². The highest BCUT2D eigenvalue weighted by Gasteiger charge is 2.50. The average molecular weight is 476 g/mol. The SMILES string of the molecule is COc1cccc(C=CC(=O)c2cccn2CCOc2cccc(COCC3(C(=O)O)CC3)c2)c1. The number of carboxylic acid groups (broad SMARTS) is 1. The molecule has 1 aliphatic carbocycles. The first-order valence-electron chi connectivity index (χ1n) is 11.5. The normalized spacial score (nSPS) is 14.1. The molecule has 1 N–H and O–H groups in total. The van der Waals surface area contributed by atoms with E-state index in [0.29, 0.717) is 44.0 Å². The maximum Gasteiger partial charge on any atom is 0.311 e. The average Bonchev–Trinajstić information content (AvgIpc) is 3.52. The van der Waals surface area contributed by atoms with Crippen LogP contribution in [0, 0.1) is 5.41 Å². The molecule has 182 valence electrons. The largest absolute Gasteiger partial charge is 0.497 e. The van der Waals surface area contributed by atoms with Crippen LogP contribution in [-0.2, 0) is 22.7 Å². The third-order valence-electron chi connectivity index (χ3n) is 6.06. The van der Waals surface area contributed by atoms with Gasteiger partial charge in [0, 0.05) is 6.20 Å². The van der Waals surface area contributed by atoms with Crippen LogP contribution >= 0.6 is 0 Å². The van der Waals surface area contributed by atoms with Gasteiger partial charge in [0.25, 0.3) is 0 Å². The molecule has 1 saturated carbocycles. The van der Waals surface area contributed by atoms with Crippen molar-refractivity contribution in [2.75, 3.05) is 20.3 Å². The van der Waals surface area contributed by atoms with Crippen molar-refractivity contribution in [3.8, 4) is 11.5 Å². The minimum absolute atomic E-state index is 0.0910. The lowest BCUT2D eigenvalue weighted by atomic mass is 10.1. The van der Waals surface area contributed by atoms with Crippen molar-refractivity contribution < 1.29 is 28.9 Å². The van der Waals surface area contributed by atoms with E-state index in [0.717, 1.165) is 16.9 Å². The first-order valence-corrected chi connectivity index (χ1v) is 11.5. The number of benzene rings is 2. The smallest absolute Gasteiger partial charge is 0.311 e. The lowest BCUT2D eigenvalue weighted by Crippen LogP contribution is -2.21. The molecule has 0 radical (unpaired) electrons. The number of hydrogen-bond acceptors (Lipinski definition) is 5. The van der Waals surface area contributed by atoms with E-state index < -0.39 is 11.4 Å². The number of aromatic nitrogens is 1. The zero-order valence-corrected chi connectivity index (χ0v) is 19.7. The number of carbonyl (C=O) groups excluding carboxylic acids is 1. The molecule has 1 heterocycles. The maximum atomic E-state index is 12.7. The quantitative estimate of drug-likeness (QED) is 0.281. The highest BCUT2D eigenvalue weighted by atomic mass is 16.5. The van der Waals surface area contributed by atoms with E-state index in [4.69, 9.17) is 14.2 Å². The lowest BCUT2D eigenvalue weighted by molar-refractivity contribution is -0.146. The minimum Gasteiger partial charge on any atom is -0.497 e. The van der Waals surface area contributed by atoms with Gasteiger partial charge in [0.15, 0.2) is 0 Å². The Hall–Kier alpha value is -3.84.